The van der Waals surface area contributed by atoms with E-state index in [-0.39, 0.29) is 18.4 Å². The minimum absolute atomic E-state index is 0.0472. The first-order valence-electron chi connectivity index (χ1n) is 9.08. The molecule has 1 aliphatic rings. The van der Waals surface area contributed by atoms with Crippen LogP contribution in [0.25, 0.3) is 0 Å². The summed E-state index contributed by atoms with van der Waals surface area (Å²) in [6.07, 6.45) is 3.30. The zero-order valence-electron chi connectivity index (χ0n) is 15.9. The number of carbonyl (C=O) groups is 2. The van der Waals surface area contributed by atoms with Crippen molar-refractivity contribution in [3.63, 3.8) is 0 Å². The highest BCUT2D eigenvalue weighted by Crippen LogP contribution is 2.32. The summed E-state index contributed by atoms with van der Waals surface area (Å²) in [6.45, 7) is 6.24. The average Bonchev–Trinajstić information content (AvgIpc) is 3.00. The van der Waals surface area contributed by atoms with Crippen molar-refractivity contribution in [3.8, 4) is 0 Å². The number of benzene rings is 1. The van der Waals surface area contributed by atoms with E-state index in [1.54, 1.807) is 18.4 Å². The first-order chi connectivity index (χ1) is 12.3. The Labute approximate surface area is 159 Å². The Morgan fingerprint density at radius 2 is 1.96 bits per heavy atom. The fraction of sp³-hybridized carbons (Fsp3) is 0.429. The largest absolute Gasteiger partial charge is 0.332 e. The third kappa shape index (κ3) is 3.98. The Balaban J connectivity index is 1.65. The van der Waals surface area contributed by atoms with Crippen molar-refractivity contribution in [2.75, 3.05) is 18.9 Å². The quantitative estimate of drug-likeness (QED) is 0.877. The van der Waals surface area contributed by atoms with Crippen molar-refractivity contribution in [2.45, 2.75) is 40.0 Å². The third-order valence-electron chi connectivity index (χ3n) is 5.01. The van der Waals surface area contributed by atoms with E-state index in [4.69, 9.17) is 0 Å². The van der Waals surface area contributed by atoms with Gasteiger partial charge < -0.3 is 10.2 Å². The normalized spacial score (nSPS) is 16.1. The van der Waals surface area contributed by atoms with E-state index in [9.17, 15) is 9.59 Å². The van der Waals surface area contributed by atoms with E-state index in [0.717, 1.165) is 34.5 Å². The summed E-state index contributed by atoms with van der Waals surface area (Å²) in [4.78, 5) is 28.7. The van der Waals surface area contributed by atoms with E-state index >= 15 is 0 Å². The number of nitrogens with zero attached hydrogens (tertiary/aromatic N) is 1. The summed E-state index contributed by atoms with van der Waals surface area (Å²) in [7, 11) is 1.69. The van der Waals surface area contributed by atoms with Gasteiger partial charge in [-0.05, 0) is 61.8 Å². The van der Waals surface area contributed by atoms with Crippen LogP contribution in [0.5, 0.6) is 0 Å². The number of anilines is 1. The van der Waals surface area contributed by atoms with Gasteiger partial charge in [0.2, 0.25) is 5.91 Å². The average molecular weight is 371 g/mol. The van der Waals surface area contributed by atoms with E-state index in [0.29, 0.717) is 5.92 Å². The standard InChI is InChI=1S/C21H26N2O2S/c1-13-8-9-17-16(10-13)11-18(26-17)21(25)23(4)12-19(24)22-20-14(2)6-5-7-15(20)3/h5-7,11,13H,8-10,12H2,1-4H3,(H,22,24)/t13-/m0/s1. The number of amides is 2. The summed E-state index contributed by atoms with van der Waals surface area (Å²) in [6, 6.07) is 7.93. The molecule has 0 saturated carbocycles. The van der Waals surface area contributed by atoms with Crippen LogP contribution < -0.4 is 5.32 Å². The highest BCUT2D eigenvalue weighted by atomic mass is 32.1. The molecule has 0 aliphatic heterocycles. The van der Waals surface area contributed by atoms with Gasteiger partial charge in [0, 0.05) is 17.6 Å². The Hall–Kier alpha value is -2.14. The molecular formula is C21H26N2O2S. The van der Waals surface area contributed by atoms with Gasteiger partial charge in [0.05, 0.1) is 11.4 Å². The lowest BCUT2D eigenvalue weighted by molar-refractivity contribution is -0.116. The van der Waals surface area contributed by atoms with Gasteiger partial charge in [-0.25, -0.2) is 0 Å². The highest BCUT2D eigenvalue weighted by Gasteiger charge is 2.23. The van der Waals surface area contributed by atoms with Crippen LogP contribution in [0.3, 0.4) is 0 Å². The second-order valence-electron chi connectivity index (χ2n) is 7.38. The second-order valence-corrected chi connectivity index (χ2v) is 8.52. The zero-order chi connectivity index (χ0) is 18.8. The molecule has 4 nitrogen and oxygen atoms in total. The number of fused-ring (bicyclic) bond motifs is 1. The minimum atomic E-state index is -0.173. The number of hydrogen-bond donors (Lipinski definition) is 1. The maximum atomic E-state index is 12.7. The summed E-state index contributed by atoms with van der Waals surface area (Å²) >= 11 is 1.59. The molecule has 3 rings (SSSR count). The number of nitrogens with one attached hydrogen (secondary N) is 1. The molecule has 0 radical (unpaired) electrons. The molecule has 1 aliphatic carbocycles. The smallest absolute Gasteiger partial charge is 0.264 e. The molecule has 1 N–H and O–H groups in total. The fourth-order valence-electron chi connectivity index (χ4n) is 3.48. The predicted octanol–water partition coefficient (Wildman–Crippen LogP) is 4.20. The van der Waals surface area contributed by atoms with Gasteiger partial charge in [-0.15, -0.1) is 11.3 Å². The molecule has 0 saturated heterocycles. The van der Waals surface area contributed by atoms with Crippen molar-refractivity contribution in [2.24, 2.45) is 5.92 Å². The van der Waals surface area contributed by atoms with E-state index in [2.05, 4.69) is 12.2 Å². The molecule has 2 amide bonds. The van der Waals surface area contributed by atoms with Crippen LogP contribution in [0.1, 0.15) is 44.6 Å². The third-order valence-corrected chi connectivity index (χ3v) is 6.24. The Morgan fingerprint density at radius 1 is 1.27 bits per heavy atom. The van der Waals surface area contributed by atoms with Gasteiger partial charge in [0.25, 0.3) is 5.91 Å². The van der Waals surface area contributed by atoms with Crippen LogP contribution in [0.15, 0.2) is 24.3 Å². The van der Waals surface area contributed by atoms with Gasteiger partial charge in [-0.2, -0.15) is 0 Å². The fourth-order valence-corrected chi connectivity index (χ4v) is 4.68. The first-order valence-corrected chi connectivity index (χ1v) is 9.90. The van der Waals surface area contributed by atoms with E-state index in [1.165, 1.54) is 21.8 Å². The first kappa shape index (κ1) is 18.6. The molecule has 2 aromatic rings. The van der Waals surface area contributed by atoms with Crippen LogP contribution in [0.2, 0.25) is 0 Å². The maximum absolute atomic E-state index is 12.7. The molecule has 26 heavy (non-hydrogen) atoms. The zero-order valence-corrected chi connectivity index (χ0v) is 16.7. The monoisotopic (exact) mass is 370 g/mol. The number of thiophene rings is 1. The lowest BCUT2D eigenvalue weighted by Gasteiger charge is -2.17. The highest BCUT2D eigenvalue weighted by molar-refractivity contribution is 7.14. The van der Waals surface area contributed by atoms with Crippen LogP contribution in [0, 0.1) is 19.8 Å². The molecule has 5 heteroatoms. The van der Waals surface area contributed by atoms with Crippen LogP contribution in [-0.4, -0.2) is 30.3 Å². The van der Waals surface area contributed by atoms with Gasteiger partial charge >= 0.3 is 0 Å². The summed E-state index contributed by atoms with van der Waals surface area (Å²) in [5.74, 6) is 0.433. The Morgan fingerprint density at radius 3 is 2.65 bits per heavy atom. The lowest BCUT2D eigenvalue weighted by atomic mass is 9.90. The predicted molar refractivity (Wildman–Crippen MR) is 107 cm³/mol. The van der Waals surface area contributed by atoms with E-state index in [1.807, 2.05) is 38.1 Å². The number of likely N-dealkylation sites (N-methyl/N-ethyl adjacent to an activating group) is 1. The molecule has 1 atom stereocenters. The topological polar surface area (TPSA) is 49.4 Å². The van der Waals surface area contributed by atoms with Gasteiger partial charge in [-0.3, -0.25) is 9.59 Å². The lowest BCUT2D eigenvalue weighted by Crippen LogP contribution is -2.34. The van der Waals surface area contributed by atoms with Crippen molar-refractivity contribution in [1.29, 1.82) is 0 Å². The summed E-state index contributed by atoms with van der Waals surface area (Å²) in [5.41, 5.74) is 4.18. The van der Waals surface area contributed by atoms with Crippen molar-refractivity contribution >= 4 is 28.8 Å². The van der Waals surface area contributed by atoms with Crippen molar-refractivity contribution < 1.29 is 9.59 Å². The molecule has 1 heterocycles. The molecule has 0 unspecified atom stereocenters. The Kier molecular flexibility index (Phi) is 5.47. The molecule has 0 fully saturated rings. The number of carbonyl (C=O) groups excluding carboxylic acids is 2. The molecule has 138 valence electrons. The van der Waals surface area contributed by atoms with Gasteiger partial charge in [-0.1, -0.05) is 25.1 Å². The molecule has 0 bridgehead atoms. The van der Waals surface area contributed by atoms with Crippen molar-refractivity contribution in [3.05, 3.63) is 50.7 Å². The van der Waals surface area contributed by atoms with Gasteiger partial charge in [0.15, 0.2) is 0 Å². The second kappa shape index (κ2) is 7.62. The Bertz CT molecular complexity index is 820. The number of para-hydroxylation sites is 1. The van der Waals surface area contributed by atoms with E-state index < -0.39 is 0 Å². The van der Waals surface area contributed by atoms with Gasteiger partial charge in [0.1, 0.15) is 0 Å². The summed E-state index contributed by atoms with van der Waals surface area (Å²) < 4.78 is 0. The molecule has 0 spiro atoms. The molecule has 1 aromatic heterocycles. The minimum Gasteiger partial charge on any atom is -0.332 e. The number of aryl methyl sites for hydroxylation is 3. The number of hydrogen-bond acceptors (Lipinski definition) is 3. The molecular weight excluding hydrogens is 344 g/mol. The van der Waals surface area contributed by atoms with Crippen molar-refractivity contribution in [1.82, 2.24) is 4.90 Å². The van der Waals surface area contributed by atoms with Crippen LogP contribution in [-0.2, 0) is 17.6 Å². The maximum Gasteiger partial charge on any atom is 0.264 e. The number of rotatable bonds is 4. The van der Waals surface area contributed by atoms with Crippen LogP contribution in [0.4, 0.5) is 5.69 Å². The molecule has 1 aromatic carbocycles. The summed E-state index contributed by atoms with van der Waals surface area (Å²) in [5, 5.41) is 2.94. The SMILES string of the molecule is Cc1cccc(C)c1NC(=O)CN(C)C(=O)c1cc2c(s1)CC[C@H](C)C2. The van der Waals surface area contributed by atoms with Crippen LogP contribution >= 0.6 is 11.3 Å².